The first kappa shape index (κ1) is 19.1. The van der Waals surface area contributed by atoms with Gasteiger partial charge in [0.2, 0.25) is 5.75 Å². The summed E-state index contributed by atoms with van der Waals surface area (Å²) in [5.74, 6) is -2.60. The van der Waals surface area contributed by atoms with Crippen molar-refractivity contribution < 1.29 is 37.1 Å². The van der Waals surface area contributed by atoms with E-state index in [9.17, 15) is 23.4 Å². The standard InChI is InChI=1S/C17H16O8S/c1-3-8-24-17(20)11-9-14(18)16(19)15(10-11)25-26(21,22)13-6-4-12(23-2)5-7-13/h3-7,9-10,18-19H,1,8H2,2H3. The fraction of sp³-hybridized carbons (Fsp3) is 0.118. The van der Waals surface area contributed by atoms with E-state index in [-0.39, 0.29) is 17.1 Å². The second-order valence-corrected chi connectivity index (χ2v) is 6.49. The Labute approximate surface area is 150 Å². The van der Waals surface area contributed by atoms with Crippen molar-refractivity contribution in [3.8, 4) is 23.0 Å². The number of methoxy groups -OCH3 is 1. The Balaban J connectivity index is 2.36. The van der Waals surface area contributed by atoms with Crippen LogP contribution >= 0.6 is 0 Å². The van der Waals surface area contributed by atoms with Gasteiger partial charge >= 0.3 is 16.1 Å². The minimum absolute atomic E-state index is 0.0825. The number of aromatic hydroxyl groups is 2. The largest absolute Gasteiger partial charge is 0.504 e. The molecule has 0 atom stereocenters. The average molecular weight is 380 g/mol. The van der Waals surface area contributed by atoms with E-state index in [2.05, 4.69) is 6.58 Å². The fourth-order valence-corrected chi connectivity index (χ4v) is 2.83. The molecule has 0 amide bonds. The lowest BCUT2D eigenvalue weighted by Gasteiger charge is -2.11. The maximum absolute atomic E-state index is 12.3. The van der Waals surface area contributed by atoms with Gasteiger partial charge in [-0.1, -0.05) is 12.7 Å². The van der Waals surface area contributed by atoms with Gasteiger partial charge in [-0.2, -0.15) is 8.42 Å². The summed E-state index contributed by atoms with van der Waals surface area (Å²) in [5, 5.41) is 19.6. The maximum Gasteiger partial charge on any atom is 0.339 e. The first-order valence-electron chi connectivity index (χ1n) is 7.21. The molecule has 0 aliphatic carbocycles. The molecule has 2 aromatic rings. The van der Waals surface area contributed by atoms with Gasteiger partial charge in [0.15, 0.2) is 11.5 Å². The van der Waals surface area contributed by atoms with Crippen LogP contribution in [0.25, 0.3) is 0 Å². The van der Waals surface area contributed by atoms with Crippen LogP contribution in [0.1, 0.15) is 10.4 Å². The summed E-state index contributed by atoms with van der Waals surface area (Å²) in [4.78, 5) is 11.6. The van der Waals surface area contributed by atoms with Gasteiger partial charge in [0.25, 0.3) is 0 Å². The molecule has 9 heteroatoms. The van der Waals surface area contributed by atoms with Crippen molar-refractivity contribution in [1.29, 1.82) is 0 Å². The Morgan fingerprint density at radius 2 is 1.85 bits per heavy atom. The van der Waals surface area contributed by atoms with Crippen LogP contribution in [0, 0.1) is 0 Å². The van der Waals surface area contributed by atoms with E-state index in [4.69, 9.17) is 13.7 Å². The average Bonchev–Trinajstić information content (AvgIpc) is 2.63. The van der Waals surface area contributed by atoms with E-state index in [1.165, 1.54) is 37.5 Å². The predicted molar refractivity (Wildman–Crippen MR) is 91.1 cm³/mol. The van der Waals surface area contributed by atoms with Gasteiger partial charge in [0, 0.05) is 6.07 Å². The Morgan fingerprint density at radius 1 is 1.19 bits per heavy atom. The number of hydrogen-bond donors (Lipinski definition) is 2. The quantitative estimate of drug-likeness (QED) is 0.325. The summed E-state index contributed by atoms with van der Waals surface area (Å²) in [6.07, 6.45) is 1.34. The van der Waals surface area contributed by atoms with Crippen LogP contribution in [-0.4, -0.2) is 38.3 Å². The van der Waals surface area contributed by atoms with Crippen LogP contribution in [0.4, 0.5) is 0 Å². The summed E-state index contributed by atoms with van der Waals surface area (Å²) in [6, 6.07) is 7.18. The number of phenols is 2. The minimum Gasteiger partial charge on any atom is -0.504 e. The third kappa shape index (κ3) is 4.25. The number of phenolic OH excluding ortho intramolecular Hbond substituents is 2. The molecule has 0 saturated carbocycles. The molecule has 0 radical (unpaired) electrons. The van der Waals surface area contributed by atoms with Crippen molar-refractivity contribution in [2.75, 3.05) is 13.7 Å². The van der Waals surface area contributed by atoms with Gasteiger partial charge in [-0.05, 0) is 30.3 Å². The predicted octanol–water partition coefficient (Wildman–Crippen LogP) is 2.22. The smallest absolute Gasteiger partial charge is 0.339 e. The molecule has 26 heavy (non-hydrogen) atoms. The zero-order valence-corrected chi connectivity index (χ0v) is 14.5. The van der Waals surface area contributed by atoms with Crippen LogP contribution in [0.15, 0.2) is 53.9 Å². The molecule has 0 spiro atoms. The fourth-order valence-electron chi connectivity index (χ4n) is 1.90. The summed E-state index contributed by atoms with van der Waals surface area (Å²) in [6.45, 7) is 3.31. The second kappa shape index (κ2) is 7.79. The van der Waals surface area contributed by atoms with Gasteiger partial charge in [-0.25, -0.2) is 4.79 Å². The zero-order valence-electron chi connectivity index (χ0n) is 13.7. The third-order valence-corrected chi connectivity index (χ3v) is 4.42. The molecular weight excluding hydrogens is 364 g/mol. The molecule has 0 aliphatic heterocycles. The van der Waals surface area contributed by atoms with Gasteiger partial charge in [-0.15, -0.1) is 0 Å². The molecule has 0 fully saturated rings. The molecule has 2 N–H and O–H groups in total. The van der Waals surface area contributed by atoms with E-state index >= 15 is 0 Å². The number of benzene rings is 2. The SMILES string of the molecule is C=CCOC(=O)c1cc(O)c(O)c(OS(=O)(=O)c2ccc(OC)cc2)c1. The van der Waals surface area contributed by atoms with Gasteiger partial charge in [-0.3, -0.25) is 0 Å². The monoisotopic (exact) mass is 380 g/mol. The van der Waals surface area contributed by atoms with E-state index in [0.717, 1.165) is 12.1 Å². The van der Waals surface area contributed by atoms with Crippen LogP contribution in [0.3, 0.4) is 0 Å². The van der Waals surface area contributed by atoms with Crippen molar-refractivity contribution in [2.45, 2.75) is 4.90 Å². The number of rotatable bonds is 7. The van der Waals surface area contributed by atoms with Crippen molar-refractivity contribution in [1.82, 2.24) is 0 Å². The number of carbonyl (C=O) groups is 1. The molecule has 0 unspecified atom stereocenters. The molecular formula is C17H16O8S. The summed E-state index contributed by atoms with van der Waals surface area (Å²) >= 11 is 0. The van der Waals surface area contributed by atoms with Crippen LogP contribution in [0.2, 0.25) is 0 Å². The van der Waals surface area contributed by atoms with E-state index < -0.39 is 33.3 Å². The molecule has 0 heterocycles. The van der Waals surface area contributed by atoms with Gasteiger partial charge < -0.3 is 23.9 Å². The van der Waals surface area contributed by atoms with Crippen LogP contribution in [-0.2, 0) is 14.9 Å². The number of esters is 1. The molecule has 0 aliphatic rings. The van der Waals surface area contributed by atoms with E-state index in [1.54, 1.807) is 0 Å². The molecule has 2 aromatic carbocycles. The lowest BCUT2D eigenvalue weighted by molar-refractivity contribution is 0.0549. The molecule has 138 valence electrons. The summed E-state index contributed by atoms with van der Waals surface area (Å²) in [5.41, 5.74) is -0.206. The Morgan fingerprint density at radius 3 is 2.42 bits per heavy atom. The van der Waals surface area contributed by atoms with Crippen LogP contribution < -0.4 is 8.92 Å². The van der Waals surface area contributed by atoms with Crippen LogP contribution in [0.5, 0.6) is 23.0 Å². The third-order valence-electron chi connectivity index (χ3n) is 3.17. The van der Waals surface area contributed by atoms with Crippen molar-refractivity contribution >= 4 is 16.1 Å². The highest BCUT2D eigenvalue weighted by Crippen LogP contribution is 2.38. The molecule has 2 rings (SSSR count). The van der Waals surface area contributed by atoms with Crippen molar-refractivity contribution in [3.05, 3.63) is 54.6 Å². The Hall–Kier alpha value is -3.20. The highest BCUT2D eigenvalue weighted by atomic mass is 32.2. The minimum atomic E-state index is -4.33. The normalized spacial score (nSPS) is 10.8. The Bertz CT molecular complexity index is 917. The maximum atomic E-state index is 12.3. The molecule has 0 bridgehead atoms. The lowest BCUT2D eigenvalue weighted by Crippen LogP contribution is -2.11. The molecule has 0 aromatic heterocycles. The van der Waals surface area contributed by atoms with E-state index in [0.29, 0.717) is 5.75 Å². The zero-order chi connectivity index (χ0) is 19.3. The number of ether oxygens (including phenoxy) is 2. The second-order valence-electron chi connectivity index (χ2n) is 4.94. The molecule has 8 nitrogen and oxygen atoms in total. The Kier molecular flexibility index (Phi) is 5.73. The number of carbonyl (C=O) groups excluding carboxylic acids is 1. The van der Waals surface area contributed by atoms with Crippen molar-refractivity contribution in [2.24, 2.45) is 0 Å². The topological polar surface area (TPSA) is 119 Å². The highest BCUT2D eigenvalue weighted by Gasteiger charge is 2.23. The first-order chi connectivity index (χ1) is 12.3. The number of hydrogen-bond acceptors (Lipinski definition) is 8. The van der Waals surface area contributed by atoms with Crippen molar-refractivity contribution in [3.63, 3.8) is 0 Å². The highest BCUT2D eigenvalue weighted by molar-refractivity contribution is 7.87. The first-order valence-corrected chi connectivity index (χ1v) is 8.62. The summed E-state index contributed by atoms with van der Waals surface area (Å²) < 4.78 is 39.3. The van der Waals surface area contributed by atoms with Gasteiger partial charge in [0.05, 0.1) is 12.7 Å². The lowest BCUT2D eigenvalue weighted by atomic mass is 10.2. The van der Waals surface area contributed by atoms with Gasteiger partial charge in [0.1, 0.15) is 17.3 Å². The van der Waals surface area contributed by atoms with E-state index in [1.807, 2.05) is 0 Å². The molecule has 0 saturated heterocycles. The summed E-state index contributed by atoms with van der Waals surface area (Å²) in [7, 11) is -2.90.